The number of esters is 1. The minimum atomic E-state index is -0.603. The van der Waals surface area contributed by atoms with Crippen molar-refractivity contribution in [3.63, 3.8) is 0 Å². The van der Waals surface area contributed by atoms with Crippen molar-refractivity contribution in [3.8, 4) is 0 Å². The summed E-state index contributed by atoms with van der Waals surface area (Å²) >= 11 is 0. The summed E-state index contributed by atoms with van der Waals surface area (Å²) in [7, 11) is 0. The van der Waals surface area contributed by atoms with Crippen molar-refractivity contribution in [2.24, 2.45) is 0 Å². The Morgan fingerprint density at radius 1 is 0.862 bits per heavy atom. The molecule has 5 nitrogen and oxygen atoms in total. The van der Waals surface area contributed by atoms with E-state index in [1.807, 2.05) is 0 Å². The van der Waals surface area contributed by atoms with E-state index in [1.165, 1.54) is 70.6 Å². The van der Waals surface area contributed by atoms with Gasteiger partial charge in [0.25, 0.3) is 0 Å². The maximum atomic E-state index is 12.0. The van der Waals surface area contributed by atoms with Gasteiger partial charge in [-0.25, -0.2) is 0 Å². The molecular weight excluding hydrogens is 368 g/mol. The van der Waals surface area contributed by atoms with E-state index >= 15 is 0 Å². The lowest BCUT2D eigenvalue weighted by atomic mass is 10.1. The van der Waals surface area contributed by atoms with Crippen LogP contribution in [-0.4, -0.2) is 48.7 Å². The zero-order valence-corrected chi connectivity index (χ0v) is 18.4. The number of aliphatic hydroxyl groups is 1. The number of unbranched alkanes of at least 4 members (excludes halogenated alkanes) is 11. The highest BCUT2D eigenvalue weighted by Gasteiger charge is 2.48. The standard InChI is InChI=1S/C24H42O5/c1-2-3-4-5-6-7-8-9-10-11-12-13-14-15-16-17-22(26)29-21-19-28-23-20(25)18-27-24(21)23/h9-10,20-21,23-25H,2-8,11-19H2,1H3/b10-9-/t20-,21-,23+,24+/m1/s1. The third-order valence-electron chi connectivity index (χ3n) is 5.91. The van der Waals surface area contributed by atoms with Crippen LogP contribution in [0.2, 0.25) is 0 Å². The number of hydrogen-bond donors (Lipinski definition) is 1. The smallest absolute Gasteiger partial charge is 0.306 e. The molecule has 0 radical (unpaired) electrons. The first-order chi connectivity index (χ1) is 14.2. The average molecular weight is 411 g/mol. The summed E-state index contributed by atoms with van der Waals surface area (Å²) in [6.07, 6.45) is 19.7. The molecule has 2 rings (SSSR count). The van der Waals surface area contributed by atoms with Crippen LogP contribution in [-0.2, 0) is 19.0 Å². The lowest BCUT2D eigenvalue weighted by Gasteiger charge is -2.16. The maximum Gasteiger partial charge on any atom is 0.306 e. The predicted octanol–water partition coefficient (Wildman–Crippen LogP) is 5.09. The number of aliphatic hydroxyl groups excluding tert-OH is 1. The molecular formula is C24H42O5. The van der Waals surface area contributed by atoms with Gasteiger partial charge in [-0.2, -0.15) is 0 Å². The highest BCUT2D eigenvalue weighted by Crippen LogP contribution is 2.29. The van der Waals surface area contributed by atoms with Crippen LogP contribution in [0, 0.1) is 0 Å². The van der Waals surface area contributed by atoms with Gasteiger partial charge in [0, 0.05) is 6.42 Å². The van der Waals surface area contributed by atoms with E-state index in [-0.39, 0.29) is 30.9 Å². The molecule has 4 atom stereocenters. The number of fused-ring (bicyclic) bond motifs is 1. The molecule has 0 unspecified atom stereocenters. The van der Waals surface area contributed by atoms with E-state index in [1.54, 1.807) is 0 Å². The second-order valence-corrected chi connectivity index (χ2v) is 8.53. The van der Waals surface area contributed by atoms with E-state index in [0.717, 1.165) is 12.8 Å². The first-order valence-electron chi connectivity index (χ1n) is 12.0. The first kappa shape index (κ1) is 24.4. The van der Waals surface area contributed by atoms with E-state index < -0.39 is 6.10 Å². The Bertz CT molecular complexity index is 464. The van der Waals surface area contributed by atoms with Crippen LogP contribution in [0.1, 0.15) is 96.8 Å². The minimum Gasteiger partial charge on any atom is -0.457 e. The quantitative estimate of drug-likeness (QED) is 0.218. The van der Waals surface area contributed by atoms with E-state index in [2.05, 4.69) is 19.1 Å². The van der Waals surface area contributed by atoms with Crippen molar-refractivity contribution >= 4 is 5.97 Å². The largest absolute Gasteiger partial charge is 0.457 e. The zero-order valence-electron chi connectivity index (χ0n) is 18.4. The highest BCUT2D eigenvalue weighted by atomic mass is 16.6. The normalized spacial score (nSPS) is 26.3. The Morgan fingerprint density at radius 3 is 2.14 bits per heavy atom. The van der Waals surface area contributed by atoms with Crippen LogP contribution < -0.4 is 0 Å². The Morgan fingerprint density at radius 2 is 1.45 bits per heavy atom. The maximum absolute atomic E-state index is 12.0. The van der Waals surface area contributed by atoms with Crippen molar-refractivity contribution in [2.45, 2.75) is 121 Å². The summed E-state index contributed by atoms with van der Waals surface area (Å²) in [6, 6.07) is 0. The topological polar surface area (TPSA) is 65.0 Å². The molecule has 0 saturated carbocycles. The monoisotopic (exact) mass is 410 g/mol. The number of ether oxygens (including phenoxy) is 3. The van der Waals surface area contributed by atoms with Crippen molar-refractivity contribution in [3.05, 3.63) is 12.2 Å². The number of carbonyl (C=O) groups excluding carboxylic acids is 1. The fourth-order valence-electron chi connectivity index (χ4n) is 4.11. The summed E-state index contributed by atoms with van der Waals surface area (Å²) in [4.78, 5) is 12.0. The van der Waals surface area contributed by atoms with Gasteiger partial charge >= 0.3 is 5.97 Å². The van der Waals surface area contributed by atoms with Crippen molar-refractivity contribution in [1.82, 2.24) is 0 Å². The van der Waals surface area contributed by atoms with E-state index in [0.29, 0.717) is 13.0 Å². The van der Waals surface area contributed by atoms with Gasteiger partial charge in [0.1, 0.15) is 18.3 Å². The fourth-order valence-corrected chi connectivity index (χ4v) is 4.11. The van der Waals surface area contributed by atoms with Gasteiger partial charge in [-0.1, -0.05) is 70.4 Å². The number of hydrogen-bond acceptors (Lipinski definition) is 5. The molecule has 0 bridgehead atoms. The van der Waals surface area contributed by atoms with Crippen LogP contribution in [0.25, 0.3) is 0 Å². The van der Waals surface area contributed by atoms with Crippen LogP contribution in [0.3, 0.4) is 0 Å². The average Bonchev–Trinajstić information content (AvgIpc) is 3.28. The third kappa shape index (κ3) is 9.63. The molecule has 0 aromatic carbocycles. The van der Waals surface area contributed by atoms with E-state index in [9.17, 15) is 9.90 Å². The molecule has 0 aromatic heterocycles. The van der Waals surface area contributed by atoms with Gasteiger partial charge < -0.3 is 19.3 Å². The summed E-state index contributed by atoms with van der Waals surface area (Å²) in [5.41, 5.74) is 0. The van der Waals surface area contributed by atoms with Crippen molar-refractivity contribution in [2.75, 3.05) is 13.2 Å². The molecule has 0 aromatic rings. The van der Waals surface area contributed by atoms with Crippen LogP contribution >= 0.6 is 0 Å². The van der Waals surface area contributed by atoms with Crippen LogP contribution in [0.4, 0.5) is 0 Å². The molecule has 2 aliphatic rings. The van der Waals surface area contributed by atoms with Gasteiger partial charge in [0.15, 0.2) is 6.10 Å². The Hall–Kier alpha value is -0.910. The Kier molecular flexibility index (Phi) is 12.6. The van der Waals surface area contributed by atoms with E-state index in [4.69, 9.17) is 14.2 Å². The summed E-state index contributed by atoms with van der Waals surface area (Å²) < 4.78 is 16.4. The lowest BCUT2D eigenvalue weighted by Crippen LogP contribution is -2.34. The Balaban J connectivity index is 1.35. The van der Waals surface area contributed by atoms with Crippen LogP contribution in [0.5, 0.6) is 0 Å². The minimum absolute atomic E-state index is 0.179. The second kappa shape index (κ2) is 15.0. The van der Waals surface area contributed by atoms with Crippen LogP contribution in [0.15, 0.2) is 12.2 Å². The molecule has 2 heterocycles. The first-order valence-corrected chi connectivity index (χ1v) is 12.0. The second-order valence-electron chi connectivity index (χ2n) is 8.53. The molecule has 2 saturated heterocycles. The summed E-state index contributed by atoms with van der Waals surface area (Å²) in [5, 5.41) is 9.71. The molecule has 2 fully saturated rings. The number of allylic oxidation sites excluding steroid dienone is 2. The molecule has 0 amide bonds. The fraction of sp³-hybridized carbons (Fsp3) is 0.875. The molecule has 0 aliphatic carbocycles. The third-order valence-corrected chi connectivity index (χ3v) is 5.91. The zero-order chi connectivity index (χ0) is 20.7. The summed E-state index contributed by atoms with van der Waals surface area (Å²) in [5.74, 6) is -0.179. The molecule has 0 spiro atoms. The SMILES string of the molecule is CCCCCCCC/C=C\CCCCCCCC(=O)O[C@@H]1CO[C@@H]2[C@H]1OC[C@H]2O. The molecule has 29 heavy (non-hydrogen) atoms. The molecule has 168 valence electrons. The number of carbonyl (C=O) groups is 1. The van der Waals surface area contributed by atoms with Crippen molar-refractivity contribution < 1.29 is 24.1 Å². The lowest BCUT2D eigenvalue weighted by molar-refractivity contribution is -0.153. The molecule has 2 aliphatic heterocycles. The van der Waals surface area contributed by atoms with Crippen molar-refractivity contribution in [1.29, 1.82) is 0 Å². The Labute approximate surface area is 177 Å². The highest BCUT2D eigenvalue weighted by molar-refractivity contribution is 5.69. The molecule has 1 N–H and O–H groups in total. The molecule has 5 heteroatoms. The van der Waals surface area contributed by atoms with Gasteiger partial charge in [0.2, 0.25) is 0 Å². The predicted molar refractivity (Wildman–Crippen MR) is 115 cm³/mol. The van der Waals surface area contributed by atoms with Gasteiger partial charge in [-0.15, -0.1) is 0 Å². The van der Waals surface area contributed by atoms with Gasteiger partial charge in [0.05, 0.1) is 13.2 Å². The van der Waals surface area contributed by atoms with Gasteiger partial charge in [-0.05, 0) is 32.1 Å². The summed E-state index contributed by atoms with van der Waals surface area (Å²) in [6.45, 7) is 2.85. The van der Waals surface area contributed by atoms with Gasteiger partial charge in [-0.3, -0.25) is 4.79 Å². The number of rotatable bonds is 16.